The third kappa shape index (κ3) is 3.51. The molecule has 0 bridgehead atoms. The summed E-state index contributed by atoms with van der Waals surface area (Å²) in [6, 6.07) is 12.6. The second kappa shape index (κ2) is 6.27. The molecule has 1 aromatic carbocycles. The van der Waals surface area contributed by atoms with Gasteiger partial charge < -0.3 is 13.6 Å². The van der Waals surface area contributed by atoms with Gasteiger partial charge in [0.05, 0.1) is 0 Å². The number of benzene rings is 1. The Bertz CT molecular complexity index is 723. The monoisotopic (exact) mass is 302 g/mol. The molecule has 2 heterocycles. The highest BCUT2D eigenvalue weighted by Crippen LogP contribution is 2.27. The van der Waals surface area contributed by atoms with Gasteiger partial charge in [0.1, 0.15) is 5.75 Å². The molecule has 0 fully saturated rings. The van der Waals surface area contributed by atoms with Crippen molar-refractivity contribution in [1.82, 2.24) is 10.2 Å². The number of hydrogen-bond acceptors (Lipinski definition) is 7. The summed E-state index contributed by atoms with van der Waals surface area (Å²) in [6.45, 7) is 0.190. The number of carbonyl (C=O) groups is 1. The summed E-state index contributed by atoms with van der Waals surface area (Å²) in [5.74, 6) is 1.35. The van der Waals surface area contributed by atoms with E-state index in [0.717, 1.165) is 17.5 Å². The number of ether oxygens (including phenoxy) is 1. The van der Waals surface area contributed by atoms with Gasteiger partial charge in [0.25, 0.3) is 11.1 Å². The van der Waals surface area contributed by atoms with Crippen LogP contribution in [0.2, 0.25) is 0 Å². The normalized spacial score (nSPS) is 10.5. The van der Waals surface area contributed by atoms with Gasteiger partial charge in [-0.05, 0) is 24.3 Å². The summed E-state index contributed by atoms with van der Waals surface area (Å²) in [5, 5.41) is 8.60. The van der Waals surface area contributed by atoms with Crippen LogP contribution in [0.3, 0.4) is 0 Å². The van der Waals surface area contributed by atoms with Gasteiger partial charge in [-0.3, -0.25) is 4.79 Å². The Kier molecular flexibility index (Phi) is 4.02. The molecule has 0 aliphatic rings. The van der Waals surface area contributed by atoms with Crippen LogP contribution in [0.5, 0.6) is 5.75 Å². The highest BCUT2D eigenvalue weighted by molar-refractivity contribution is 7.99. The first-order chi connectivity index (χ1) is 10.3. The van der Waals surface area contributed by atoms with E-state index in [1.54, 1.807) is 12.1 Å². The fourth-order valence-electron chi connectivity index (χ4n) is 1.54. The first-order valence-electron chi connectivity index (χ1n) is 6.06. The molecule has 0 saturated carbocycles. The molecule has 0 atom stereocenters. The lowest BCUT2D eigenvalue weighted by atomic mass is 10.3. The third-order valence-electron chi connectivity index (χ3n) is 2.46. The molecule has 21 heavy (non-hydrogen) atoms. The average molecular weight is 302 g/mol. The minimum Gasteiger partial charge on any atom is -0.484 e. The smallest absolute Gasteiger partial charge is 0.284 e. The number of hydrogen-bond donors (Lipinski definition) is 0. The molecule has 6 nitrogen and oxygen atoms in total. The Morgan fingerprint density at radius 3 is 2.71 bits per heavy atom. The Morgan fingerprint density at radius 2 is 1.95 bits per heavy atom. The molecule has 0 aliphatic carbocycles. The van der Waals surface area contributed by atoms with E-state index < -0.39 is 0 Å². The maximum absolute atomic E-state index is 10.5. The van der Waals surface area contributed by atoms with Gasteiger partial charge in [0.15, 0.2) is 23.7 Å². The van der Waals surface area contributed by atoms with Crippen LogP contribution in [0.25, 0.3) is 0 Å². The van der Waals surface area contributed by atoms with Crippen LogP contribution < -0.4 is 4.74 Å². The van der Waals surface area contributed by atoms with Crippen molar-refractivity contribution in [2.75, 3.05) is 0 Å². The predicted octanol–water partition coefficient (Wildman–Crippen LogP) is 3.21. The number of furan rings is 1. The number of aldehydes is 1. The lowest BCUT2D eigenvalue weighted by Gasteiger charge is -2.01. The minimum absolute atomic E-state index is 0.190. The molecular weight excluding hydrogens is 292 g/mol. The van der Waals surface area contributed by atoms with Gasteiger partial charge in [0, 0.05) is 11.8 Å². The van der Waals surface area contributed by atoms with Crippen LogP contribution in [0.1, 0.15) is 16.4 Å². The van der Waals surface area contributed by atoms with Crippen LogP contribution in [-0.4, -0.2) is 16.5 Å². The Morgan fingerprint density at radius 1 is 1.10 bits per heavy atom. The van der Waals surface area contributed by atoms with Gasteiger partial charge in [-0.25, -0.2) is 0 Å². The van der Waals surface area contributed by atoms with Crippen molar-refractivity contribution in [1.29, 1.82) is 0 Å². The second-order valence-electron chi connectivity index (χ2n) is 3.94. The van der Waals surface area contributed by atoms with Gasteiger partial charge in [-0.1, -0.05) is 18.2 Å². The zero-order chi connectivity index (χ0) is 14.5. The summed E-state index contributed by atoms with van der Waals surface area (Å²) in [5.41, 5.74) is 0. The van der Waals surface area contributed by atoms with Gasteiger partial charge in [0.2, 0.25) is 0 Å². The number of para-hydroxylation sites is 1. The molecule has 0 radical (unpaired) electrons. The summed E-state index contributed by atoms with van der Waals surface area (Å²) < 4.78 is 16.1. The average Bonchev–Trinajstić information content (AvgIpc) is 3.16. The molecule has 0 amide bonds. The standard InChI is InChI=1S/C14H10N2O4S/c17-8-11-6-7-13(19-11)21-14-16-15-12(20-14)9-18-10-4-2-1-3-5-10/h1-8H,9H2. The fourth-order valence-corrected chi connectivity index (χ4v) is 2.20. The van der Waals surface area contributed by atoms with Crippen molar-refractivity contribution in [2.24, 2.45) is 0 Å². The van der Waals surface area contributed by atoms with Crippen LogP contribution in [-0.2, 0) is 6.61 Å². The summed E-state index contributed by atoms with van der Waals surface area (Å²) in [6.07, 6.45) is 0.636. The fraction of sp³-hybridized carbons (Fsp3) is 0.0714. The largest absolute Gasteiger partial charge is 0.484 e. The number of nitrogens with zero attached hydrogens (tertiary/aromatic N) is 2. The van der Waals surface area contributed by atoms with E-state index in [9.17, 15) is 4.79 Å². The molecule has 0 aliphatic heterocycles. The molecule has 7 heteroatoms. The molecule has 0 unspecified atom stereocenters. The van der Waals surface area contributed by atoms with E-state index in [1.807, 2.05) is 30.3 Å². The molecule has 0 spiro atoms. The summed E-state index contributed by atoms with van der Waals surface area (Å²) >= 11 is 1.14. The molecule has 0 N–H and O–H groups in total. The van der Waals surface area contributed by atoms with E-state index in [0.29, 0.717) is 22.5 Å². The minimum atomic E-state index is 0.190. The maximum Gasteiger partial charge on any atom is 0.284 e. The number of carbonyl (C=O) groups excluding carboxylic acids is 1. The van der Waals surface area contributed by atoms with Crippen molar-refractivity contribution in [3.05, 3.63) is 54.1 Å². The third-order valence-corrected chi connectivity index (χ3v) is 3.22. The zero-order valence-corrected chi connectivity index (χ0v) is 11.6. The highest BCUT2D eigenvalue weighted by atomic mass is 32.2. The highest BCUT2D eigenvalue weighted by Gasteiger charge is 2.11. The van der Waals surface area contributed by atoms with Crippen molar-refractivity contribution in [3.8, 4) is 5.75 Å². The van der Waals surface area contributed by atoms with Gasteiger partial charge in [-0.2, -0.15) is 0 Å². The van der Waals surface area contributed by atoms with Crippen LogP contribution in [0.4, 0.5) is 0 Å². The quantitative estimate of drug-likeness (QED) is 0.647. The molecule has 106 valence electrons. The van der Waals surface area contributed by atoms with Crippen LogP contribution in [0.15, 0.2) is 61.6 Å². The molecule has 0 saturated heterocycles. The van der Waals surface area contributed by atoms with Crippen molar-refractivity contribution in [3.63, 3.8) is 0 Å². The SMILES string of the molecule is O=Cc1ccc(Sc2nnc(COc3ccccc3)o2)o1. The maximum atomic E-state index is 10.5. The van der Waals surface area contributed by atoms with E-state index in [4.69, 9.17) is 13.6 Å². The van der Waals surface area contributed by atoms with Crippen LogP contribution >= 0.6 is 11.8 Å². The Balaban J connectivity index is 1.59. The van der Waals surface area contributed by atoms with E-state index >= 15 is 0 Å². The van der Waals surface area contributed by atoms with Gasteiger partial charge >= 0.3 is 0 Å². The van der Waals surface area contributed by atoms with Crippen molar-refractivity contribution < 1.29 is 18.4 Å². The van der Waals surface area contributed by atoms with E-state index in [1.165, 1.54) is 0 Å². The topological polar surface area (TPSA) is 78.4 Å². The Hall–Kier alpha value is -2.54. The summed E-state index contributed by atoms with van der Waals surface area (Å²) in [7, 11) is 0. The Labute approximate surface area is 124 Å². The van der Waals surface area contributed by atoms with E-state index in [2.05, 4.69) is 10.2 Å². The molecule has 3 rings (SSSR count). The lowest BCUT2D eigenvalue weighted by molar-refractivity contribution is 0.109. The second-order valence-corrected chi connectivity index (χ2v) is 4.90. The van der Waals surface area contributed by atoms with Gasteiger partial charge in [-0.15, -0.1) is 10.2 Å². The molecular formula is C14H10N2O4S. The predicted molar refractivity (Wildman–Crippen MR) is 73.3 cm³/mol. The first kappa shape index (κ1) is 13.4. The number of aromatic nitrogens is 2. The van der Waals surface area contributed by atoms with E-state index in [-0.39, 0.29) is 12.4 Å². The summed E-state index contributed by atoms with van der Waals surface area (Å²) in [4.78, 5) is 10.5. The molecule has 3 aromatic rings. The van der Waals surface area contributed by atoms with Crippen molar-refractivity contribution in [2.45, 2.75) is 16.9 Å². The zero-order valence-electron chi connectivity index (χ0n) is 10.8. The first-order valence-corrected chi connectivity index (χ1v) is 6.88. The molecule has 2 aromatic heterocycles. The lowest BCUT2D eigenvalue weighted by Crippen LogP contribution is -1.95. The van der Waals surface area contributed by atoms with Crippen molar-refractivity contribution >= 4 is 18.0 Å². The number of rotatable bonds is 6. The van der Waals surface area contributed by atoms with Crippen LogP contribution in [0, 0.1) is 0 Å².